The van der Waals surface area contributed by atoms with Gasteiger partial charge in [-0.3, -0.25) is 0 Å². The molecule has 0 aliphatic heterocycles. The third-order valence-corrected chi connectivity index (χ3v) is 2.66. The SMILES string of the molecule is [B]c1nc(N)nc2[nH]cc(-c3ccccc3)c12. The first kappa shape index (κ1) is 9.90. The fourth-order valence-corrected chi connectivity index (χ4v) is 1.92. The summed E-state index contributed by atoms with van der Waals surface area (Å²) in [7, 11) is 5.89. The Bertz CT molecular complexity index is 676. The minimum absolute atomic E-state index is 0.177. The second-order valence-corrected chi connectivity index (χ2v) is 3.76. The van der Waals surface area contributed by atoms with Gasteiger partial charge in [0, 0.05) is 22.7 Å². The lowest BCUT2D eigenvalue weighted by molar-refractivity contribution is 1.24. The van der Waals surface area contributed by atoms with E-state index >= 15 is 0 Å². The van der Waals surface area contributed by atoms with Gasteiger partial charge in [0.25, 0.3) is 0 Å². The minimum atomic E-state index is 0.177. The first-order valence-electron chi connectivity index (χ1n) is 5.21. The number of nitrogen functional groups attached to an aromatic ring is 1. The largest absolute Gasteiger partial charge is 0.368 e. The summed E-state index contributed by atoms with van der Waals surface area (Å²) in [5.74, 6) is 0.177. The molecule has 0 unspecified atom stereocenters. The predicted molar refractivity (Wildman–Crippen MR) is 69.1 cm³/mol. The van der Waals surface area contributed by atoms with Crippen molar-refractivity contribution in [3.8, 4) is 11.1 Å². The third-order valence-electron chi connectivity index (χ3n) is 2.66. The van der Waals surface area contributed by atoms with Gasteiger partial charge >= 0.3 is 0 Å². The normalized spacial score (nSPS) is 10.8. The van der Waals surface area contributed by atoms with Crippen molar-refractivity contribution in [1.82, 2.24) is 15.0 Å². The van der Waals surface area contributed by atoms with Gasteiger partial charge in [-0.25, -0.2) is 4.98 Å². The summed E-state index contributed by atoms with van der Waals surface area (Å²) >= 11 is 0. The standard InChI is InChI=1S/C12H9BN4/c13-10-9-8(7-4-2-1-3-5-7)6-15-11(9)17-12(14)16-10/h1-6H,(H3,14,15,16,17). The summed E-state index contributed by atoms with van der Waals surface area (Å²) in [4.78, 5) is 11.2. The zero-order valence-corrected chi connectivity index (χ0v) is 9.01. The Kier molecular flexibility index (Phi) is 2.11. The first-order valence-corrected chi connectivity index (χ1v) is 5.21. The van der Waals surface area contributed by atoms with Crippen LogP contribution in [0.3, 0.4) is 0 Å². The minimum Gasteiger partial charge on any atom is -0.368 e. The van der Waals surface area contributed by atoms with Crippen molar-refractivity contribution in [3.05, 3.63) is 36.5 Å². The fraction of sp³-hybridized carbons (Fsp3) is 0. The van der Waals surface area contributed by atoms with E-state index in [1.807, 2.05) is 36.5 Å². The molecule has 3 N–H and O–H groups in total. The number of fused-ring (bicyclic) bond motifs is 1. The number of nitrogens with one attached hydrogen (secondary N) is 1. The molecule has 2 aromatic heterocycles. The van der Waals surface area contributed by atoms with E-state index in [0.29, 0.717) is 11.2 Å². The van der Waals surface area contributed by atoms with Crippen molar-refractivity contribution in [2.75, 3.05) is 5.73 Å². The predicted octanol–water partition coefficient (Wildman–Crippen LogP) is 1.00. The number of aromatic amines is 1. The van der Waals surface area contributed by atoms with Crippen LogP contribution in [0.15, 0.2) is 36.5 Å². The second-order valence-electron chi connectivity index (χ2n) is 3.76. The smallest absolute Gasteiger partial charge is 0.221 e. The maximum absolute atomic E-state index is 5.89. The zero-order valence-electron chi connectivity index (χ0n) is 9.01. The molecule has 3 rings (SSSR count). The van der Waals surface area contributed by atoms with E-state index in [-0.39, 0.29) is 5.95 Å². The van der Waals surface area contributed by atoms with Crippen molar-refractivity contribution >= 4 is 30.4 Å². The third kappa shape index (κ3) is 1.56. The van der Waals surface area contributed by atoms with Crippen molar-refractivity contribution < 1.29 is 0 Å². The monoisotopic (exact) mass is 220 g/mol. The van der Waals surface area contributed by atoms with E-state index in [9.17, 15) is 0 Å². The molecular formula is C12H9BN4. The molecule has 0 bridgehead atoms. The van der Waals surface area contributed by atoms with Crippen LogP contribution in [0.5, 0.6) is 0 Å². The number of rotatable bonds is 1. The highest BCUT2D eigenvalue weighted by molar-refractivity contribution is 6.38. The molecule has 3 aromatic rings. The van der Waals surface area contributed by atoms with Gasteiger partial charge in [0.2, 0.25) is 5.95 Å². The molecule has 4 nitrogen and oxygen atoms in total. The molecule has 80 valence electrons. The molecule has 0 aliphatic carbocycles. The highest BCUT2D eigenvalue weighted by Gasteiger charge is 2.10. The van der Waals surface area contributed by atoms with Gasteiger partial charge in [-0.15, -0.1) is 0 Å². The molecule has 0 atom stereocenters. The second kappa shape index (κ2) is 3.62. The van der Waals surface area contributed by atoms with Gasteiger partial charge in [-0.2, -0.15) is 4.98 Å². The molecule has 0 saturated carbocycles. The van der Waals surface area contributed by atoms with Gasteiger partial charge < -0.3 is 10.7 Å². The number of hydrogen-bond donors (Lipinski definition) is 2. The molecule has 2 radical (unpaired) electrons. The van der Waals surface area contributed by atoms with Crippen molar-refractivity contribution in [2.24, 2.45) is 0 Å². The molecule has 1 aromatic carbocycles. The van der Waals surface area contributed by atoms with Crippen LogP contribution >= 0.6 is 0 Å². The van der Waals surface area contributed by atoms with E-state index in [0.717, 1.165) is 16.5 Å². The maximum Gasteiger partial charge on any atom is 0.221 e. The van der Waals surface area contributed by atoms with E-state index in [1.54, 1.807) is 0 Å². The summed E-state index contributed by atoms with van der Waals surface area (Å²) in [6.07, 6.45) is 1.87. The molecule has 5 heteroatoms. The zero-order chi connectivity index (χ0) is 11.8. The first-order chi connectivity index (χ1) is 8.25. The Balaban J connectivity index is 2.32. The summed E-state index contributed by atoms with van der Waals surface area (Å²) < 4.78 is 0. The lowest BCUT2D eigenvalue weighted by atomic mass is 9.96. The highest BCUT2D eigenvalue weighted by Crippen LogP contribution is 2.25. The number of H-pyrrole nitrogens is 1. The quantitative estimate of drug-likeness (QED) is 0.601. The topological polar surface area (TPSA) is 67.6 Å². The maximum atomic E-state index is 5.89. The molecule has 2 heterocycles. The van der Waals surface area contributed by atoms with E-state index < -0.39 is 0 Å². The van der Waals surface area contributed by atoms with E-state index in [1.165, 1.54) is 0 Å². The van der Waals surface area contributed by atoms with Crippen LogP contribution in [0.1, 0.15) is 0 Å². The van der Waals surface area contributed by atoms with Crippen LogP contribution in [-0.4, -0.2) is 22.8 Å². The molecule has 0 fully saturated rings. The molecule has 0 spiro atoms. The number of anilines is 1. The Morgan fingerprint density at radius 3 is 2.65 bits per heavy atom. The van der Waals surface area contributed by atoms with Crippen LogP contribution < -0.4 is 11.3 Å². The van der Waals surface area contributed by atoms with Crippen molar-refractivity contribution in [1.29, 1.82) is 0 Å². The van der Waals surface area contributed by atoms with Gasteiger partial charge in [-0.1, -0.05) is 30.3 Å². The summed E-state index contributed by atoms with van der Waals surface area (Å²) in [5.41, 5.74) is 8.66. The average molecular weight is 220 g/mol. The Morgan fingerprint density at radius 1 is 1.12 bits per heavy atom. The van der Waals surface area contributed by atoms with Gasteiger partial charge in [0.15, 0.2) is 0 Å². The fourth-order valence-electron chi connectivity index (χ4n) is 1.92. The Labute approximate surface area is 99.3 Å². The molecule has 17 heavy (non-hydrogen) atoms. The number of benzene rings is 1. The number of nitrogens with two attached hydrogens (primary N) is 1. The number of nitrogens with zero attached hydrogens (tertiary/aromatic N) is 2. The van der Waals surface area contributed by atoms with Crippen molar-refractivity contribution in [3.63, 3.8) is 0 Å². The van der Waals surface area contributed by atoms with Crippen LogP contribution in [-0.2, 0) is 0 Å². The Hall–Kier alpha value is -2.30. The average Bonchev–Trinajstić information content (AvgIpc) is 2.74. The molecule has 0 saturated heterocycles. The van der Waals surface area contributed by atoms with E-state index in [2.05, 4.69) is 15.0 Å². The lowest BCUT2D eigenvalue weighted by Gasteiger charge is -2.02. The van der Waals surface area contributed by atoms with Gasteiger partial charge in [0.05, 0.1) is 0 Å². The van der Waals surface area contributed by atoms with E-state index in [4.69, 9.17) is 13.6 Å². The van der Waals surface area contributed by atoms with Crippen LogP contribution in [0.2, 0.25) is 0 Å². The van der Waals surface area contributed by atoms with Gasteiger partial charge in [-0.05, 0) is 5.56 Å². The number of aromatic nitrogens is 3. The summed E-state index contributed by atoms with van der Waals surface area (Å²) in [6.45, 7) is 0. The van der Waals surface area contributed by atoms with Crippen LogP contribution in [0.4, 0.5) is 5.95 Å². The molecular weight excluding hydrogens is 211 g/mol. The van der Waals surface area contributed by atoms with Crippen molar-refractivity contribution in [2.45, 2.75) is 0 Å². The van der Waals surface area contributed by atoms with Gasteiger partial charge in [0.1, 0.15) is 13.5 Å². The summed E-state index contributed by atoms with van der Waals surface area (Å²) in [5, 5.41) is 0.811. The Morgan fingerprint density at radius 2 is 1.88 bits per heavy atom. The molecule has 0 amide bonds. The summed E-state index contributed by atoms with van der Waals surface area (Å²) in [6, 6.07) is 9.94. The lowest BCUT2D eigenvalue weighted by Crippen LogP contribution is -2.13. The van der Waals surface area contributed by atoms with Crippen LogP contribution in [0, 0.1) is 0 Å². The highest BCUT2D eigenvalue weighted by atomic mass is 15.0. The number of hydrogen-bond acceptors (Lipinski definition) is 3. The van der Waals surface area contributed by atoms with Crippen LogP contribution in [0.25, 0.3) is 22.2 Å². The molecule has 0 aliphatic rings.